The van der Waals surface area contributed by atoms with Gasteiger partial charge in [-0.05, 0) is 0 Å². The van der Waals surface area contributed by atoms with Crippen LogP contribution in [0.2, 0.25) is 0 Å². The van der Waals surface area contributed by atoms with Crippen molar-refractivity contribution in [1.82, 2.24) is 0 Å². The summed E-state index contributed by atoms with van der Waals surface area (Å²) in [7, 11) is 0. The summed E-state index contributed by atoms with van der Waals surface area (Å²) in [6.45, 7) is 3.56. The molecule has 0 bridgehead atoms. The van der Waals surface area contributed by atoms with Crippen LogP contribution in [0.15, 0.2) is 9.50 Å². The van der Waals surface area contributed by atoms with E-state index in [0.717, 1.165) is 0 Å². The number of rotatable bonds is 0. The molecular formula is C2H2Li2. The molecule has 0 N–H and O–H groups in total. The van der Waals surface area contributed by atoms with Crippen LogP contribution >= 0.6 is 0 Å². The predicted molar refractivity (Wildman–Crippen MR) is 20.6 cm³/mol. The molecular weight excluding hydrogens is 37.9 g/mol. The molecule has 0 aliphatic rings. The van der Waals surface area contributed by atoms with Crippen LogP contribution in [0.25, 0.3) is 0 Å². The van der Waals surface area contributed by atoms with Gasteiger partial charge in [0.05, 0.1) is 0 Å². The van der Waals surface area contributed by atoms with E-state index in [1.54, 1.807) is 0 Å². The zero-order valence-electron chi connectivity index (χ0n) is 3.21. The van der Waals surface area contributed by atoms with Gasteiger partial charge in [0.25, 0.3) is 0 Å². The van der Waals surface area contributed by atoms with Crippen molar-refractivity contribution in [1.29, 1.82) is 0 Å². The van der Waals surface area contributed by atoms with E-state index in [-0.39, 0.29) is 0 Å². The molecule has 0 spiro atoms. The van der Waals surface area contributed by atoms with Crippen molar-refractivity contribution in [3.05, 3.63) is 9.50 Å². The zero-order chi connectivity index (χ0) is 3.58. The quantitative estimate of drug-likeness (QED) is 0.328. The molecule has 0 aromatic rings. The van der Waals surface area contributed by atoms with Crippen LogP contribution in [0.4, 0.5) is 0 Å². The van der Waals surface area contributed by atoms with Gasteiger partial charge in [0.15, 0.2) is 0 Å². The van der Waals surface area contributed by atoms with Crippen LogP contribution in [-0.2, 0) is 0 Å². The van der Waals surface area contributed by atoms with Crippen LogP contribution in [0, 0.1) is 0 Å². The molecule has 2 heteroatoms. The van der Waals surface area contributed by atoms with E-state index in [1.165, 1.54) is 2.92 Å². The molecule has 0 aliphatic heterocycles. The van der Waals surface area contributed by atoms with E-state index in [9.17, 15) is 0 Å². The number of hydrogen-bond acceptors (Lipinski definition) is 0. The summed E-state index contributed by atoms with van der Waals surface area (Å²) >= 11 is 3.94. The number of hydrogen-bond donors (Lipinski definition) is 0. The van der Waals surface area contributed by atoms with Crippen molar-refractivity contribution in [2.75, 3.05) is 0 Å². The summed E-state index contributed by atoms with van der Waals surface area (Å²) in [6.07, 6.45) is 0. The third-order valence-corrected chi connectivity index (χ3v) is 0. The Kier molecular flexibility index (Phi) is 2.70. The fourth-order valence-corrected chi connectivity index (χ4v) is 0. The zero-order valence-corrected chi connectivity index (χ0v) is 3.21. The molecule has 0 saturated heterocycles. The first-order valence-electron chi connectivity index (χ1n) is 1.35. The third kappa shape index (κ3) is 12.6. The molecule has 0 unspecified atom stereocenters. The molecule has 0 saturated carbocycles. The van der Waals surface area contributed by atoms with Gasteiger partial charge >= 0.3 is 44.9 Å². The van der Waals surface area contributed by atoms with E-state index in [0.29, 0.717) is 0 Å². The van der Waals surface area contributed by atoms with Crippen LogP contribution in [0.5, 0.6) is 0 Å². The Hall–Kier alpha value is 0.935. The fourth-order valence-electron chi connectivity index (χ4n) is 0. The summed E-state index contributed by atoms with van der Waals surface area (Å²) in [5, 5.41) is 0. The van der Waals surface area contributed by atoms with Gasteiger partial charge in [0, 0.05) is 0 Å². The summed E-state index contributed by atoms with van der Waals surface area (Å²) in [5.41, 5.74) is 0. The van der Waals surface area contributed by atoms with Crippen LogP contribution in [0.1, 0.15) is 0 Å². The second kappa shape index (κ2) is 2.19. The van der Waals surface area contributed by atoms with Crippen molar-refractivity contribution < 1.29 is 0 Å². The standard InChI is InChI=1S/C2H2.2Li/c1-2;;/h1H2;;. The second-order valence-corrected chi connectivity index (χ2v) is 1.21. The van der Waals surface area contributed by atoms with Gasteiger partial charge in [0.1, 0.15) is 0 Å². The van der Waals surface area contributed by atoms with Gasteiger partial charge in [-0.3, -0.25) is 0 Å². The first-order chi connectivity index (χ1) is 1.73. The molecule has 0 aromatic carbocycles. The molecule has 0 rings (SSSR count). The van der Waals surface area contributed by atoms with Crippen LogP contribution < -0.4 is 0 Å². The van der Waals surface area contributed by atoms with E-state index >= 15 is 0 Å². The summed E-state index contributed by atoms with van der Waals surface area (Å²) < 4.78 is 1.17. The molecule has 0 nitrogen and oxygen atoms in total. The van der Waals surface area contributed by atoms with Gasteiger partial charge in [-0.1, -0.05) is 0 Å². The van der Waals surface area contributed by atoms with Crippen LogP contribution in [-0.4, -0.2) is 35.4 Å². The SMILES string of the molecule is [Li][C]([Li])=C. The Labute approximate surface area is 45.1 Å². The Morgan fingerprint density at radius 2 is 1.50 bits per heavy atom. The molecule has 0 atom stereocenters. The van der Waals surface area contributed by atoms with E-state index < -0.39 is 0 Å². The average Bonchev–Trinajstić information content (AvgIpc) is 0.811. The van der Waals surface area contributed by atoms with Gasteiger partial charge in [-0.15, -0.1) is 0 Å². The maximum absolute atomic E-state index is 3.56. The molecule has 0 amide bonds. The summed E-state index contributed by atoms with van der Waals surface area (Å²) in [4.78, 5) is 0. The summed E-state index contributed by atoms with van der Waals surface area (Å²) in [5.74, 6) is 0. The third-order valence-electron chi connectivity index (χ3n) is 0. The van der Waals surface area contributed by atoms with Gasteiger partial charge in [-0.2, -0.15) is 0 Å². The Morgan fingerprint density at radius 3 is 1.50 bits per heavy atom. The van der Waals surface area contributed by atoms with Crippen molar-refractivity contribution in [2.45, 2.75) is 0 Å². The van der Waals surface area contributed by atoms with Gasteiger partial charge in [-0.25, -0.2) is 0 Å². The fraction of sp³-hybridized carbons (Fsp3) is 0. The molecule has 0 aromatic heterocycles. The molecule has 0 radical (unpaired) electrons. The maximum atomic E-state index is 3.56. The minimum atomic E-state index is 1.17. The molecule has 0 fully saturated rings. The topological polar surface area (TPSA) is 0 Å². The van der Waals surface area contributed by atoms with Crippen molar-refractivity contribution in [2.24, 2.45) is 0 Å². The van der Waals surface area contributed by atoms with Gasteiger partial charge in [0.2, 0.25) is 0 Å². The second-order valence-electron chi connectivity index (χ2n) is 1.21. The summed E-state index contributed by atoms with van der Waals surface area (Å²) in [6, 6.07) is 0. The molecule has 4 heavy (non-hydrogen) atoms. The molecule has 0 aliphatic carbocycles. The van der Waals surface area contributed by atoms with E-state index in [4.69, 9.17) is 0 Å². The van der Waals surface area contributed by atoms with E-state index in [2.05, 4.69) is 6.58 Å². The van der Waals surface area contributed by atoms with Crippen molar-refractivity contribution in [3.8, 4) is 0 Å². The first-order valence-corrected chi connectivity index (χ1v) is 1.35. The van der Waals surface area contributed by atoms with Crippen molar-refractivity contribution >= 4 is 35.4 Å². The minimum absolute atomic E-state index is 1.17. The Balaban J connectivity index is 2.80. The monoisotopic (exact) mass is 40.0 g/mol. The molecule has 12 valence electrons. The Morgan fingerprint density at radius 1 is 1.50 bits per heavy atom. The van der Waals surface area contributed by atoms with Crippen molar-refractivity contribution in [3.63, 3.8) is 0 Å². The van der Waals surface area contributed by atoms with E-state index in [1.807, 2.05) is 35.4 Å². The van der Waals surface area contributed by atoms with Gasteiger partial charge < -0.3 is 0 Å². The Bertz CT molecular complexity index is 27.0. The first kappa shape index (κ1) is 4.93. The normalized spacial score (nSPS) is 7.00. The van der Waals surface area contributed by atoms with Crippen LogP contribution in [0.3, 0.4) is 0 Å². The molecule has 0 heterocycles. The predicted octanol–water partition coefficient (Wildman–Crippen LogP) is -0.205. The average molecular weight is 39.9 g/mol.